The quantitative estimate of drug-likeness (QED) is 0.604. The topological polar surface area (TPSA) is 74.3 Å². The smallest absolute Gasteiger partial charge is 0.291 e. The third-order valence-electron chi connectivity index (χ3n) is 3.27. The minimum absolute atomic E-state index is 0.171. The predicted molar refractivity (Wildman–Crippen MR) is 96.3 cm³/mol. The van der Waals surface area contributed by atoms with Crippen LogP contribution in [0.15, 0.2) is 48.8 Å². The van der Waals surface area contributed by atoms with Crippen LogP contribution >= 0.6 is 12.2 Å². The van der Waals surface area contributed by atoms with Crippen molar-refractivity contribution in [2.24, 2.45) is 0 Å². The molecule has 0 aliphatic rings. The fourth-order valence-electron chi connectivity index (χ4n) is 1.99. The van der Waals surface area contributed by atoms with Crippen molar-refractivity contribution in [3.63, 3.8) is 0 Å². The normalized spacial score (nSPS) is 10.0. The summed E-state index contributed by atoms with van der Waals surface area (Å²) < 4.78 is 12.8. The number of carbonyl (C=O) groups is 2. The fourth-order valence-corrected chi connectivity index (χ4v) is 2.18. The van der Waals surface area contributed by atoms with Gasteiger partial charge in [0.1, 0.15) is 5.82 Å². The lowest BCUT2D eigenvalue weighted by atomic mass is 10.2. The van der Waals surface area contributed by atoms with Gasteiger partial charge in [-0.2, -0.15) is 0 Å². The van der Waals surface area contributed by atoms with Crippen LogP contribution in [0.5, 0.6) is 0 Å². The van der Waals surface area contributed by atoms with Crippen molar-refractivity contribution in [1.29, 1.82) is 0 Å². The molecule has 0 saturated carbocycles. The van der Waals surface area contributed by atoms with Gasteiger partial charge in [-0.05, 0) is 54.2 Å². The second-order valence-electron chi connectivity index (χ2n) is 5.25. The van der Waals surface area contributed by atoms with E-state index in [1.807, 2.05) is 0 Å². The van der Waals surface area contributed by atoms with Crippen molar-refractivity contribution in [1.82, 2.24) is 15.2 Å². The van der Waals surface area contributed by atoms with Gasteiger partial charge in [-0.15, -0.1) is 0 Å². The number of aromatic nitrogens is 1. The summed E-state index contributed by atoms with van der Waals surface area (Å²) >= 11 is 5.04. The van der Waals surface area contributed by atoms with E-state index < -0.39 is 11.7 Å². The Morgan fingerprint density at radius 2 is 1.80 bits per heavy atom. The molecule has 0 bridgehead atoms. The Morgan fingerprint density at radius 3 is 2.44 bits per heavy atom. The van der Waals surface area contributed by atoms with E-state index >= 15 is 0 Å². The molecule has 0 saturated heterocycles. The van der Waals surface area contributed by atoms with Crippen molar-refractivity contribution in [2.75, 3.05) is 18.9 Å². The minimum atomic E-state index is -0.617. The van der Waals surface area contributed by atoms with Gasteiger partial charge in [0.05, 0.1) is 6.54 Å². The molecular weight excluding hydrogens is 343 g/mol. The minimum Gasteiger partial charge on any atom is -0.355 e. The molecule has 0 unspecified atom stereocenters. The number of hydrogen-bond acceptors (Lipinski definition) is 4. The molecular formula is C17H17FN4O2S. The summed E-state index contributed by atoms with van der Waals surface area (Å²) in [6.07, 6.45) is 3.24. The molecule has 0 spiro atoms. The van der Waals surface area contributed by atoms with E-state index in [0.29, 0.717) is 12.2 Å². The van der Waals surface area contributed by atoms with Crippen LogP contribution in [0.3, 0.4) is 0 Å². The Hall–Kier alpha value is -2.87. The van der Waals surface area contributed by atoms with E-state index in [9.17, 15) is 14.0 Å². The van der Waals surface area contributed by atoms with Gasteiger partial charge in [-0.25, -0.2) is 4.39 Å². The van der Waals surface area contributed by atoms with Crippen LogP contribution in [0.1, 0.15) is 5.56 Å². The van der Waals surface area contributed by atoms with Gasteiger partial charge in [0, 0.05) is 31.7 Å². The third-order valence-corrected chi connectivity index (χ3v) is 3.51. The first kappa shape index (κ1) is 18.5. The lowest BCUT2D eigenvalue weighted by Gasteiger charge is -2.17. The summed E-state index contributed by atoms with van der Waals surface area (Å²) in [6, 6.07) is 9.14. The fraction of sp³-hybridized carbons (Fsp3) is 0.176. The molecule has 1 heterocycles. The molecule has 1 aromatic heterocycles. The molecule has 0 atom stereocenters. The number of hydrogen-bond donors (Lipinski definition) is 2. The molecule has 0 aliphatic carbocycles. The van der Waals surface area contributed by atoms with Crippen molar-refractivity contribution >= 4 is 34.7 Å². The number of halogens is 1. The Bertz CT molecular complexity index is 753. The molecule has 2 N–H and O–H groups in total. The number of ketones is 1. The zero-order valence-corrected chi connectivity index (χ0v) is 14.3. The highest BCUT2D eigenvalue weighted by Crippen LogP contribution is 2.07. The van der Waals surface area contributed by atoms with Gasteiger partial charge in [0.25, 0.3) is 5.91 Å². The summed E-state index contributed by atoms with van der Waals surface area (Å²) in [5.41, 5.74) is 1.45. The summed E-state index contributed by atoms with van der Waals surface area (Å²) in [7, 11) is 1.55. The van der Waals surface area contributed by atoms with Crippen molar-refractivity contribution < 1.29 is 14.0 Å². The third kappa shape index (κ3) is 5.92. The molecule has 0 radical (unpaired) electrons. The van der Waals surface area contributed by atoms with Gasteiger partial charge in [0.2, 0.25) is 5.78 Å². The number of Topliss-reactive ketones (excluding diaryl/α,β-unsaturated/α-hetero) is 1. The van der Waals surface area contributed by atoms with Crippen LogP contribution in [-0.4, -0.2) is 40.3 Å². The molecule has 130 valence electrons. The SMILES string of the molecule is CN(Cc1ccncc1)C(=O)C(=O)CNC(=S)Nc1ccc(F)cc1. The molecule has 8 heteroatoms. The Balaban J connectivity index is 1.79. The highest BCUT2D eigenvalue weighted by molar-refractivity contribution is 7.80. The zero-order chi connectivity index (χ0) is 18.2. The number of rotatable bonds is 6. The van der Waals surface area contributed by atoms with Crippen molar-refractivity contribution in [3.8, 4) is 0 Å². The van der Waals surface area contributed by atoms with Gasteiger partial charge >= 0.3 is 0 Å². The Morgan fingerprint density at radius 1 is 1.16 bits per heavy atom. The summed E-state index contributed by atoms with van der Waals surface area (Å²) in [4.78, 5) is 29.3. The van der Waals surface area contributed by atoms with Gasteiger partial charge < -0.3 is 15.5 Å². The number of nitrogens with zero attached hydrogens (tertiary/aromatic N) is 2. The number of pyridine rings is 1. The van der Waals surface area contributed by atoms with E-state index in [2.05, 4.69) is 15.6 Å². The second kappa shape index (κ2) is 8.84. The van der Waals surface area contributed by atoms with Crippen LogP contribution in [0.25, 0.3) is 0 Å². The number of thiocarbonyl (C=S) groups is 1. The molecule has 1 amide bonds. The van der Waals surface area contributed by atoms with Crippen molar-refractivity contribution in [3.05, 3.63) is 60.2 Å². The first-order valence-electron chi connectivity index (χ1n) is 7.43. The van der Waals surface area contributed by atoms with Crippen LogP contribution in [0.2, 0.25) is 0 Å². The largest absolute Gasteiger partial charge is 0.355 e. The average molecular weight is 360 g/mol. The Labute approximate surface area is 150 Å². The Kier molecular flexibility index (Phi) is 6.53. The molecule has 0 aliphatic heterocycles. The maximum absolute atomic E-state index is 12.8. The molecule has 2 aromatic rings. The summed E-state index contributed by atoms with van der Waals surface area (Å²) in [5, 5.41) is 5.64. The van der Waals surface area contributed by atoms with E-state index in [1.54, 1.807) is 31.6 Å². The number of carbonyl (C=O) groups excluding carboxylic acids is 2. The zero-order valence-electron chi connectivity index (χ0n) is 13.5. The van der Waals surface area contributed by atoms with Crippen LogP contribution in [-0.2, 0) is 16.1 Å². The highest BCUT2D eigenvalue weighted by Gasteiger charge is 2.18. The lowest BCUT2D eigenvalue weighted by molar-refractivity contribution is -0.143. The van der Waals surface area contributed by atoms with Crippen LogP contribution < -0.4 is 10.6 Å². The number of anilines is 1. The first-order chi connectivity index (χ1) is 12.0. The van der Waals surface area contributed by atoms with Crippen LogP contribution in [0.4, 0.5) is 10.1 Å². The maximum Gasteiger partial charge on any atom is 0.291 e. The standard InChI is InChI=1S/C17H17FN4O2S/c1-22(11-12-6-8-19-9-7-12)16(24)15(23)10-20-17(25)21-14-4-2-13(18)3-5-14/h2-9H,10-11H2,1H3,(H2,20,21,25). The summed E-state index contributed by atoms with van der Waals surface area (Å²) in [6.45, 7) is 0.0813. The monoisotopic (exact) mass is 360 g/mol. The van der Waals surface area contributed by atoms with E-state index in [-0.39, 0.29) is 17.5 Å². The highest BCUT2D eigenvalue weighted by atomic mass is 32.1. The summed E-state index contributed by atoms with van der Waals surface area (Å²) in [5.74, 6) is -1.59. The number of amides is 1. The molecule has 0 fully saturated rings. The van der Waals surface area contributed by atoms with Gasteiger partial charge in [-0.3, -0.25) is 14.6 Å². The number of likely N-dealkylation sites (N-methyl/N-ethyl adjacent to an activating group) is 1. The van der Waals surface area contributed by atoms with E-state index in [1.165, 1.54) is 29.2 Å². The maximum atomic E-state index is 12.8. The first-order valence-corrected chi connectivity index (χ1v) is 7.84. The average Bonchev–Trinajstić information content (AvgIpc) is 2.61. The van der Waals surface area contributed by atoms with Gasteiger partial charge in [-0.1, -0.05) is 0 Å². The molecule has 6 nitrogen and oxygen atoms in total. The molecule has 2 rings (SSSR count). The van der Waals surface area contributed by atoms with Gasteiger partial charge in [0.15, 0.2) is 5.11 Å². The van der Waals surface area contributed by atoms with Crippen LogP contribution in [0, 0.1) is 5.82 Å². The second-order valence-corrected chi connectivity index (χ2v) is 5.66. The molecule has 25 heavy (non-hydrogen) atoms. The van der Waals surface area contributed by atoms with Crippen molar-refractivity contribution in [2.45, 2.75) is 6.54 Å². The number of benzene rings is 1. The van der Waals surface area contributed by atoms with E-state index in [0.717, 1.165) is 5.56 Å². The lowest BCUT2D eigenvalue weighted by Crippen LogP contribution is -2.41. The predicted octanol–water partition coefficient (Wildman–Crippen LogP) is 1.73. The molecule has 1 aromatic carbocycles. The number of nitrogens with one attached hydrogen (secondary N) is 2. The van der Waals surface area contributed by atoms with E-state index in [4.69, 9.17) is 12.2 Å².